The van der Waals surface area contributed by atoms with Gasteiger partial charge in [-0.05, 0) is 5.56 Å². The average Bonchev–Trinajstić information content (AvgIpc) is 2.53. The quantitative estimate of drug-likeness (QED) is 0.877. The molecular weight excluding hydrogens is 256 g/mol. The molecule has 5 heteroatoms. The normalized spacial score (nSPS) is 9.95. The molecule has 0 saturated carbocycles. The number of methoxy groups -OCH3 is 3. The molecule has 2 aromatic rings. The van der Waals surface area contributed by atoms with Gasteiger partial charge in [0.2, 0.25) is 5.88 Å². The third-order valence-corrected chi connectivity index (χ3v) is 2.85. The maximum absolute atomic E-state index is 5.23. The highest BCUT2D eigenvalue weighted by Gasteiger charge is 2.02. The van der Waals surface area contributed by atoms with E-state index >= 15 is 0 Å². The smallest absolute Gasteiger partial charge is 0.212 e. The summed E-state index contributed by atoms with van der Waals surface area (Å²) in [5, 5.41) is 3.31. The standard InChI is InChI=1S/C15H18N2O3/c1-18-13-6-12(7-14(8-13)19-2)16-9-11-4-5-15(20-3)17-10-11/h4-8,10,16H,9H2,1-3H3. The predicted octanol–water partition coefficient (Wildman–Crippen LogP) is 2.72. The number of hydrogen-bond donors (Lipinski definition) is 1. The van der Waals surface area contributed by atoms with Crippen molar-refractivity contribution in [3.05, 3.63) is 42.1 Å². The van der Waals surface area contributed by atoms with Crippen molar-refractivity contribution in [1.29, 1.82) is 0 Å². The van der Waals surface area contributed by atoms with Crippen molar-refractivity contribution in [1.82, 2.24) is 4.98 Å². The molecule has 20 heavy (non-hydrogen) atoms. The Morgan fingerprint density at radius 1 is 0.950 bits per heavy atom. The van der Waals surface area contributed by atoms with Gasteiger partial charge in [-0.15, -0.1) is 0 Å². The van der Waals surface area contributed by atoms with E-state index in [9.17, 15) is 0 Å². The Hall–Kier alpha value is -2.43. The van der Waals surface area contributed by atoms with E-state index in [1.165, 1.54) is 0 Å². The number of rotatable bonds is 6. The van der Waals surface area contributed by atoms with Gasteiger partial charge in [-0.2, -0.15) is 0 Å². The summed E-state index contributed by atoms with van der Waals surface area (Å²) >= 11 is 0. The molecule has 1 aromatic carbocycles. The minimum atomic E-state index is 0.608. The molecule has 2 rings (SSSR count). The fraction of sp³-hybridized carbons (Fsp3) is 0.267. The third-order valence-electron chi connectivity index (χ3n) is 2.85. The van der Waals surface area contributed by atoms with Crippen LogP contribution in [-0.4, -0.2) is 26.3 Å². The van der Waals surface area contributed by atoms with Crippen LogP contribution < -0.4 is 19.5 Å². The van der Waals surface area contributed by atoms with Gasteiger partial charge in [-0.3, -0.25) is 0 Å². The first-order valence-electron chi connectivity index (χ1n) is 6.21. The molecule has 0 aliphatic rings. The van der Waals surface area contributed by atoms with Crippen LogP contribution in [0.1, 0.15) is 5.56 Å². The molecule has 0 spiro atoms. The Morgan fingerprint density at radius 3 is 2.15 bits per heavy atom. The first-order valence-corrected chi connectivity index (χ1v) is 6.21. The van der Waals surface area contributed by atoms with E-state index in [1.807, 2.05) is 30.3 Å². The lowest BCUT2D eigenvalue weighted by molar-refractivity contribution is 0.394. The van der Waals surface area contributed by atoms with Gasteiger partial charge in [0, 0.05) is 42.7 Å². The highest BCUT2D eigenvalue weighted by Crippen LogP contribution is 2.26. The van der Waals surface area contributed by atoms with Crippen LogP contribution in [-0.2, 0) is 6.54 Å². The van der Waals surface area contributed by atoms with Crippen LogP contribution in [0.4, 0.5) is 5.69 Å². The molecule has 1 heterocycles. The van der Waals surface area contributed by atoms with E-state index in [0.717, 1.165) is 22.7 Å². The van der Waals surface area contributed by atoms with Crippen molar-refractivity contribution in [3.63, 3.8) is 0 Å². The Labute approximate surface area is 118 Å². The highest BCUT2D eigenvalue weighted by atomic mass is 16.5. The number of anilines is 1. The molecule has 0 bridgehead atoms. The van der Waals surface area contributed by atoms with Crippen LogP contribution in [0.15, 0.2) is 36.5 Å². The summed E-state index contributed by atoms with van der Waals surface area (Å²) < 4.78 is 15.5. The van der Waals surface area contributed by atoms with Gasteiger partial charge in [0.25, 0.3) is 0 Å². The number of nitrogens with one attached hydrogen (secondary N) is 1. The van der Waals surface area contributed by atoms with E-state index < -0.39 is 0 Å². The van der Waals surface area contributed by atoms with Crippen LogP contribution in [0.25, 0.3) is 0 Å². The summed E-state index contributed by atoms with van der Waals surface area (Å²) in [7, 11) is 4.86. The summed E-state index contributed by atoms with van der Waals surface area (Å²) in [4.78, 5) is 4.17. The summed E-state index contributed by atoms with van der Waals surface area (Å²) in [5.41, 5.74) is 1.99. The number of aromatic nitrogens is 1. The number of hydrogen-bond acceptors (Lipinski definition) is 5. The van der Waals surface area contributed by atoms with E-state index in [0.29, 0.717) is 12.4 Å². The second-order valence-corrected chi connectivity index (χ2v) is 4.16. The zero-order valence-electron chi connectivity index (χ0n) is 11.8. The van der Waals surface area contributed by atoms with Crippen LogP contribution in [0, 0.1) is 0 Å². The molecule has 1 aromatic heterocycles. The van der Waals surface area contributed by atoms with Crippen LogP contribution in [0.3, 0.4) is 0 Å². The molecule has 0 fully saturated rings. The monoisotopic (exact) mass is 274 g/mol. The van der Waals surface area contributed by atoms with Crippen molar-refractivity contribution < 1.29 is 14.2 Å². The molecule has 0 amide bonds. The second-order valence-electron chi connectivity index (χ2n) is 4.16. The third kappa shape index (κ3) is 3.54. The lowest BCUT2D eigenvalue weighted by Gasteiger charge is -2.10. The molecule has 0 saturated heterocycles. The van der Waals surface area contributed by atoms with Crippen LogP contribution in [0.2, 0.25) is 0 Å². The second kappa shape index (κ2) is 6.65. The molecule has 0 aliphatic heterocycles. The van der Waals surface area contributed by atoms with E-state index in [1.54, 1.807) is 27.5 Å². The Balaban J connectivity index is 2.05. The average molecular weight is 274 g/mol. The number of ether oxygens (including phenoxy) is 3. The van der Waals surface area contributed by atoms with E-state index in [4.69, 9.17) is 14.2 Å². The predicted molar refractivity (Wildman–Crippen MR) is 77.7 cm³/mol. The lowest BCUT2D eigenvalue weighted by Crippen LogP contribution is -2.01. The molecular formula is C15H18N2O3. The van der Waals surface area contributed by atoms with Gasteiger partial charge in [-0.25, -0.2) is 4.98 Å². The maximum Gasteiger partial charge on any atom is 0.212 e. The molecule has 1 N–H and O–H groups in total. The fourth-order valence-corrected chi connectivity index (χ4v) is 1.75. The van der Waals surface area contributed by atoms with E-state index in [-0.39, 0.29) is 0 Å². The van der Waals surface area contributed by atoms with Crippen molar-refractivity contribution >= 4 is 5.69 Å². The fourth-order valence-electron chi connectivity index (χ4n) is 1.75. The Kier molecular flexibility index (Phi) is 4.65. The van der Waals surface area contributed by atoms with Crippen molar-refractivity contribution in [2.75, 3.05) is 26.6 Å². The number of nitrogens with zero attached hydrogens (tertiary/aromatic N) is 1. The summed E-state index contributed by atoms with van der Waals surface area (Å²) in [6.07, 6.45) is 1.78. The van der Waals surface area contributed by atoms with Gasteiger partial charge >= 0.3 is 0 Å². The van der Waals surface area contributed by atoms with Crippen LogP contribution >= 0.6 is 0 Å². The molecule has 106 valence electrons. The summed E-state index contributed by atoms with van der Waals surface area (Å²) in [6, 6.07) is 9.47. The number of pyridine rings is 1. The van der Waals surface area contributed by atoms with Gasteiger partial charge in [0.1, 0.15) is 11.5 Å². The van der Waals surface area contributed by atoms with Gasteiger partial charge in [-0.1, -0.05) is 6.07 Å². The minimum absolute atomic E-state index is 0.608. The zero-order valence-corrected chi connectivity index (χ0v) is 11.8. The molecule has 0 atom stereocenters. The van der Waals surface area contributed by atoms with Crippen molar-refractivity contribution in [3.8, 4) is 17.4 Å². The van der Waals surface area contributed by atoms with Gasteiger partial charge in [0.05, 0.1) is 21.3 Å². The topological polar surface area (TPSA) is 52.6 Å². The molecule has 0 radical (unpaired) electrons. The van der Waals surface area contributed by atoms with Gasteiger partial charge < -0.3 is 19.5 Å². The largest absolute Gasteiger partial charge is 0.497 e. The van der Waals surface area contributed by atoms with Crippen molar-refractivity contribution in [2.45, 2.75) is 6.54 Å². The molecule has 0 aliphatic carbocycles. The van der Waals surface area contributed by atoms with Gasteiger partial charge in [0.15, 0.2) is 0 Å². The maximum atomic E-state index is 5.23. The highest BCUT2D eigenvalue weighted by molar-refractivity contribution is 5.54. The van der Waals surface area contributed by atoms with Crippen molar-refractivity contribution in [2.24, 2.45) is 0 Å². The number of benzene rings is 1. The Morgan fingerprint density at radius 2 is 1.65 bits per heavy atom. The zero-order chi connectivity index (χ0) is 14.4. The first kappa shape index (κ1) is 14.0. The molecule has 5 nitrogen and oxygen atoms in total. The summed E-state index contributed by atoms with van der Waals surface area (Å²) in [6.45, 7) is 0.660. The summed E-state index contributed by atoms with van der Waals surface area (Å²) in [5.74, 6) is 2.11. The van der Waals surface area contributed by atoms with E-state index in [2.05, 4.69) is 10.3 Å². The lowest BCUT2D eigenvalue weighted by atomic mass is 10.2. The molecule has 0 unspecified atom stereocenters. The minimum Gasteiger partial charge on any atom is -0.497 e. The Bertz CT molecular complexity index is 533. The first-order chi connectivity index (χ1) is 9.75. The SMILES string of the molecule is COc1cc(NCc2ccc(OC)nc2)cc(OC)c1. The van der Waals surface area contributed by atoms with Crippen LogP contribution in [0.5, 0.6) is 17.4 Å².